The van der Waals surface area contributed by atoms with E-state index in [-0.39, 0.29) is 10.8 Å². The van der Waals surface area contributed by atoms with E-state index >= 15 is 0 Å². The van der Waals surface area contributed by atoms with Crippen LogP contribution in [0.2, 0.25) is 0 Å². The number of fused-ring (bicyclic) bond motifs is 2. The summed E-state index contributed by atoms with van der Waals surface area (Å²) >= 11 is 0. The van der Waals surface area contributed by atoms with Gasteiger partial charge < -0.3 is 8.83 Å². The molecule has 4 rings (SSSR count). The minimum Gasteiger partial charge on any atom is -0.440 e. The Morgan fingerprint density at radius 2 is 1.41 bits per heavy atom. The number of oxazole rings is 2. The summed E-state index contributed by atoms with van der Waals surface area (Å²) in [7, 11) is 0. The zero-order valence-corrected chi connectivity index (χ0v) is 16.9. The van der Waals surface area contributed by atoms with Crippen LogP contribution in [0, 0.1) is 0 Å². The molecule has 27 heavy (non-hydrogen) atoms. The van der Waals surface area contributed by atoms with Gasteiger partial charge >= 0.3 is 0 Å². The molecule has 0 atom stereocenters. The van der Waals surface area contributed by atoms with Crippen molar-refractivity contribution >= 4 is 22.2 Å². The van der Waals surface area contributed by atoms with Gasteiger partial charge in [-0.2, -0.15) is 0 Å². The van der Waals surface area contributed by atoms with Crippen molar-refractivity contribution in [2.75, 3.05) is 0 Å². The van der Waals surface area contributed by atoms with Crippen LogP contribution in [0.15, 0.2) is 45.2 Å². The van der Waals surface area contributed by atoms with Crippen LogP contribution < -0.4 is 0 Å². The largest absolute Gasteiger partial charge is 0.440 e. The highest BCUT2D eigenvalue weighted by Crippen LogP contribution is 2.32. The second-order valence-corrected chi connectivity index (χ2v) is 8.89. The smallest absolute Gasteiger partial charge is 0.227 e. The molecule has 4 aromatic rings. The number of hydrogen-bond donors (Lipinski definition) is 0. The third-order valence-electron chi connectivity index (χ3n) is 5.34. The van der Waals surface area contributed by atoms with E-state index in [1.165, 1.54) is 5.56 Å². The van der Waals surface area contributed by atoms with E-state index in [1.54, 1.807) is 0 Å². The first kappa shape index (κ1) is 17.8. The van der Waals surface area contributed by atoms with E-state index in [0.717, 1.165) is 40.1 Å². The highest BCUT2D eigenvalue weighted by Gasteiger charge is 2.22. The van der Waals surface area contributed by atoms with Gasteiger partial charge in [-0.3, -0.25) is 0 Å². The molecule has 2 heterocycles. The van der Waals surface area contributed by atoms with E-state index in [9.17, 15) is 0 Å². The fourth-order valence-electron chi connectivity index (χ4n) is 3.06. The highest BCUT2D eigenvalue weighted by atomic mass is 16.4. The van der Waals surface area contributed by atoms with Crippen molar-refractivity contribution in [3.8, 4) is 11.5 Å². The molecule has 140 valence electrons. The number of hydrogen-bond acceptors (Lipinski definition) is 4. The van der Waals surface area contributed by atoms with Crippen LogP contribution >= 0.6 is 0 Å². The molecule has 0 unspecified atom stereocenters. The summed E-state index contributed by atoms with van der Waals surface area (Å²) in [5.74, 6) is 1.34. The second kappa shape index (κ2) is 5.95. The molecule has 0 saturated carbocycles. The summed E-state index contributed by atoms with van der Waals surface area (Å²) in [6, 6.07) is 12.3. The molecular weight excluding hydrogens is 336 g/mol. The SMILES string of the molecule is CCC(C)(C)c1ccc(-c2nc3cc4oc(C(C)(C)C)nc4cc3o2)cc1. The Balaban J connectivity index is 1.73. The van der Waals surface area contributed by atoms with E-state index in [4.69, 9.17) is 8.83 Å². The van der Waals surface area contributed by atoms with Crippen molar-refractivity contribution in [1.82, 2.24) is 9.97 Å². The first-order valence-corrected chi connectivity index (χ1v) is 9.50. The van der Waals surface area contributed by atoms with E-state index in [1.807, 2.05) is 12.1 Å². The Kier molecular flexibility index (Phi) is 3.91. The third-order valence-corrected chi connectivity index (χ3v) is 5.34. The minimum absolute atomic E-state index is 0.132. The quantitative estimate of drug-likeness (QED) is 0.411. The van der Waals surface area contributed by atoms with Gasteiger partial charge in [0.1, 0.15) is 11.0 Å². The Labute approximate surface area is 159 Å². The van der Waals surface area contributed by atoms with E-state index < -0.39 is 0 Å². The van der Waals surface area contributed by atoms with Crippen molar-refractivity contribution in [1.29, 1.82) is 0 Å². The van der Waals surface area contributed by atoms with Gasteiger partial charge in [-0.15, -0.1) is 0 Å². The molecule has 0 aliphatic rings. The lowest BCUT2D eigenvalue weighted by atomic mass is 9.82. The van der Waals surface area contributed by atoms with Gasteiger partial charge in [-0.05, 0) is 29.5 Å². The molecule has 0 N–H and O–H groups in total. The van der Waals surface area contributed by atoms with Crippen LogP contribution in [0.25, 0.3) is 33.7 Å². The molecular formula is C23H26N2O2. The third kappa shape index (κ3) is 3.14. The maximum atomic E-state index is 6.02. The van der Waals surface area contributed by atoms with Crippen molar-refractivity contribution < 1.29 is 8.83 Å². The van der Waals surface area contributed by atoms with Crippen LogP contribution in [-0.4, -0.2) is 9.97 Å². The maximum Gasteiger partial charge on any atom is 0.227 e. The van der Waals surface area contributed by atoms with Gasteiger partial charge in [0.2, 0.25) is 11.8 Å². The lowest BCUT2D eigenvalue weighted by molar-refractivity contribution is 0.411. The van der Waals surface area contributed by atoms with Crippen LogP contribution in [-0.2, 0) is 10.8 Å². The Morgan fingerprint density at radius 3 is 2.00 bits per heavy atom. The van der Waals surface area contributed by atoms with Gasteiger partial charge in [0.15, 0.2) is 11.2 Å². The highest BCUT2D eigenvalue weighted by molar-refractivity contribution is 5.90. The predicted molar refractivity (Wildman–Crippen MR) is 109 cm³/mol. The minimum atomic E-state index is -0.132. The number of nitrogens with zero attached hydrogens (tertiary/aromatic N) is 2. The molecule has 0 bridgehead atoms. The fraction of sp³-hybridized carbons (Fsp3) is 0.391. The molecule has 2 aromatic carbocycles. The van der Waals surface area contributed by atoms with E-state index in [0.29, 0.717) is 5.89 Å². The molecule has 4 heteroatoms. The number of rotatable bonds is 3. The van der Waals surface area contributed by atoms with E-state index in [2.05, 4.69) is 75.8 Å². The first-order valence-electron chi connectivity index (χ1n) is 9.50. The summed E-state index contributed by atoms with van der Waals surface area (Å²) in [6.45, 7) is 13.0. The molecule has 0 amide bonds. The van der Waals surface area contributed by atoms with Crippen molar-refractivity contribution in [2.45, 2.75) is 58.8 Å². The molecule has 0 saturated heterocycles. The number of benzene rings is 2. The molecule has 0 aliphatic heterocycles. The van der Waals surface area contributed by atoms with Gasteiger partial charge in [0.25, 0.3) is 0 Å². The number of aromatic nitrogens is 2. The van der Waals surface area contributed by atoms with Gasteiger partial charge in [0, 0.05) is 23.1 Å². The summed E-state index contributed by atoms with van der Waals surface area (Å²) in [6.07, 6.45) is 1.10. The van der Waals surface area contributed by atoms with Crippen LogP contribution in [0.1, 0.15) is 59.4 Å². The predicted octanol–water partition coefficient (Wildman–Crippen LogP) is 6.62. The average Bonchev–Trinajstić information content (AvgIpc) is 3.22. The summed E-state index contributed by atoms with van der Waals surface area (Å²) in [4.78, 5) is 9.27. The Bertz CT molecular complexity index is 1060. The zero-order valence-electron chi connectivity index (χ0n) is 16.9. The standard InChI is InChI=1S/C23H26N2O2/c1-7-23(5,6)15-10-8-14(9-11-15)20-24-16-12-19-17(13-18(16)26-20)25-21(27-19)22(2,3)4/h8-13H,7H2,1-6H3. The Hall–Kier alpha value is -2.62. The lowest BCUT2D eigenvalue weighted by Gasteiger charge is -2.23. The lowest BCUT2D eigenvalue weighted by Crippen LogP contribution is -2.14. The molecule has 0 radical (unpaired) electrons. The summed E-state index contributed by atoms with van der Waals surface area (Å²) in [5, 5.41) is 0. The normalized spacial score (nSPS) is 13.0. The van der Waals surface area contributed by atoms with Crippen LogP contribution in [0.3, 0.4) is 0 Å². The molecule has 0 aliphatic carbocycles. The topological polar surface area (TPSA) is 52.1 Å². The van der Waals surface area contributed by atoms with Crippen molar-refractivity contribution in [3.63, 3.8) is 0 Å². The van der Waals surface area contributed by atoms with Crippen molar-refractivity contribution in [3.05, 3.63) is 47.9 Å². The molecule has 2 aromatic heterocycles. The van der Waals surface area contributed by atoms with Gasteiger partial charge in [0.05, 0.1) is 0 Å². The first-order chi connectivity index (χ1) is 12.7. The molecule has 0 fully saturated rings. The van der Waals surface area contributed by atoms with Crippen molar-refractivity contribution in [2.24, 2.45) is 0 Å². The monoisotopic (exact) mass is 362 g/mol. The van der Waals surface area contributed by atoms with Gasteiger partial charge in [-0.1, -0.05) is 53.7 Å². The maximum absolute atomic E-state index is 6.02. The average molecular weight is 362 g/mol. The zero-order chi connectivity index (χ0) is 19.4. The van der Waals surface area contributed by atoms with Crippen LogP contribution in [0.4, 0.5) is 0 Å². The summed E-state index contributed by atoms with van der Waals surface area (Å²) in [5.41, 5.74) is 5.38. The fourth-order valence-corrected chi connectivity index (χ4v) is 3.06. The summed E-state index contributed by atoms with van der Waals surface area (Å²) < 4.78 is 11.9. The van der Waals surface area contributed by atoms with Gasteiger partial charge in [-0.25, -0.2) is 9.97 Å². The Morgan fingerprint density at radius 1 is 0.815 bits per heavy atom. The molecule has 0 spiro atoms. The van der Waals surface area contributed by atoms with Crippen LogP contribution in [0.5, 0.6) is 0 Å². The second-order valence-electron chi connectivity index (χ2n) is 8.89. The molecule has 4 nitrogen and oxygen atoms in total.